The van der Waals surface area contributed by atoms with Crippen molar-refractivity contribution in [2.45, 2.75) is 11.4 Å². The molecule has 1 amide bonds. The molecule has 0 saturated heterocycles. The SMILES string of the molecule is CSSc1ccc(C(=O)NCc2cccc(-c3ccccc3)c2)c2cccnc12. The Morgan fingerprint density at radius 3 is 2.59 bits per heavy atom. The van der Waals surface area contributed by atoms with Gasteiger partial charge >= 0.3 is 0 Å². The minimum atomic E-state index is -0.0891. The van der Waals surface area contributed by atoms with Crippen LogP contribution in [0, 0.1) is 0 Å². The van der Waals surface area contributed by atoms with Gasteiger partial charge in [-0.15, -0.1) is 0 Å². The van der Waals surface area contributed by atoms with E-state index >= 15 is 0 Å². The molecule has 5 heteroatoms. The topological polar surface area (TPSA) is 42.0 Å². The van der Waals surface area contributed by atoms with Crippen LogP contribution >= 0.6 is 21.6 Å². The lowest BCUT2D eigenvalue weighted by molar-refractivity contribution is 0.0952. The van der Waals surface area contributed by atoms with Crippen LogP contribution in [0.2, 0.25) is 0 Å². The Kier molecular flexibility index (Phi) is 6.17. The van der Waals surface area contributed by atoms with E-state index in [1.54, 1.807) is 27.8 Å². The normalized spacial score (nSPS) is 10.8. The van der Waals surface area contributed by atoms with E-state index in [9.17, 15) is 4.79 Å². The molecule has 3 nitrogen and oxygen atoms in total. The van der Waals surface area contributed by atoms with Gasteiger partial charge in [0, 0.05) is 28.6 Å². The Hall–Kier alpha value is -2.76. The predicted molar refractivity (Wildman–Crippen MR) is 124 cm³/mol. The minimum Gasteiger partial charge on any atom is -0.348 e. The zero-order valence-corrected chi connectivity index (χ0v) is 17.6. The van der Waals surface area contributed by atoms with Crippen molar-refractivity contribution in [3.05, 3.63) is 96.2 Å². The molecule has 4 aromatic rings. The number of carbonyl (C=O) groups excluding carboxylic acids is 1. The first-order chi connectivity index (χ1) is 14.3. The largest absolute Gasteiger partial charge is 0.348 e. The molecule has 0 aliphatic heterocycles. The summed E-state index contributed by atoms with van der Waals surface area (Å²) in [4.78, 5) is 18.5. The number of pyridine rings is 1. The van der Waals surface area contributed by atoms with Gasteiger partial charge in [-0.2, -0.15) is 0 Å². The van der Waals surface area contributed by atoms with E-state index in [2.05, 4.69) is 34.6 Å². The molecule has 0 aliphatic carbocycles. The first-order valence-corrected chi connectivity index (χ1v) is 11.8. The molecule has 4 rings (SSSR count). The van der Waals surface area contributed by atoms with Gasteiger partial charge in [0.1, 0.15) is 0 Å². The zero-order chi connectivity index (χ0) is 20.1. The van der Waals surface area contributed by atoms with Crippen LogP contribution in [0.25, 0.3) is 22.0 Å². The molecule has 1 N–H and O–H groups in total. The van der Waals surface area contributed by atoms with Gasteiger partial charge in [0.2, 0.25) is 0 Å². The number of benzene rings is 3. The van der Waals surface area contributed by atoms with Crippen molar-refractivity contribution in [1.29, 1.82) is 0 Å². The molecule has 1 aromatic heterocycles. The summed E-state index contributed by atoms with van der Waals surface area (Å²) in [6, 6.07) is 26.2. The number of nitrogens with zero attached hydrogens (tertiary/aromatic N) is 1. The monoisotopic (exact) mass is 416 g/mol. The number of fused-ring (bicyclic) bond motifs is 1. The smallest absolute Gasteiger partial charge is 0.252 e. The van der Waals surface area contributed by atoms with Crippen LogP contribution in [0.15, 0.2) is 90.0 Å². The Bertz CT molecular complexity index is 1150. The van der Waals surface area contributed by atoms with Gasteiger partial charge in [0.05, 0.1) is 5.52 Å². The molecule has 3 aromatic carbocycles. The third-order valence-corrected chi connectivity index (χ3v) is 6.35. The fourth-order valence-electron chi connectivity index (χ4n) is 3.27. The van der Waals surface area contributed by atoms with Gasteiger partial charge in [0.15, 0.2) is 0 Å². The summed E-state index contributed by atoms with van der Waals surface area (Å²) in [5.74, 6) is -0.0891. The summed E-state index contributed by atoms with van der Waals surface area (Å²) in [5.41, 5.74) is 4.89. The second-order valence-corrected chi connectivity index (χ2v) is 8.95. The summed E-state index contributed by atoms with van der Waals surface area (Å²) in [6.07, 6.45) is 3.80. The Labute approximate surface area is 178 Å². The number of aromatic nitrogens is 1. The molecule has 29 heavy (non-hydrogen) atoms. The van der Waals surface area contributed by atoms with E-state index in [1.807, 2.05) is 60.9 Å². The van der Waals surface area contributed by atoms with Crippen molar-refractivity contribution < 1.29 is 4.79 Å². The second kappa shape index (κ2) is 9.16. The highest BCUT2D eigenvalue weighted by Gasteiger charge is 2.13. The Morgan fingerprint density at radius 1 is 0.931 bits per heavy atom. The number of hydrogen-bond donors (Lipinski definition) is 1. The number of nitrogens with one attached hydrogen (secondary N) is 1. The fraction of sp³-hybridized carbons (Fsp3) is 0.0833. The van der Waals surface area contributed by atoms with E-state index < -0.39 is 0 Å². The van der Waals surface area contributed by atoms with Crippen molar-refractivity contribution in [2.75, 3.05) is 6.26 Å². The van der Waals surface area contributed by atoms with Crippen LogP contribution in [0.1, 0.15) is 15.9 Å². The van der Waals surface area contributed by atoms with Crippen molar-refractivity contribution in [2.24, 2.45) is 0 Å². The molecule has 0 saturated carbocycles. The van der Waals surface area contributed by atoms with E-state index in [4.69, 9.17) is 0 Å². The van der Waals surface area contributed by atoms with Gasteiger partial charge in [-0.25, -0.2) is 0 Å². The molecule has 0 aliphatic rings. The average molecular weight is 417 g/mol. The van der Waals surface area contributed by atoms with Crippen molar-refractivity contribution in [1.82, 2.24) is 10.3 Å². The van der Waals surface area contributed by atoms with Gasteiger partial charge in [-0.05, 0) is 47.2 Å². The third kappa shape index (κ3) is 4.47. The van der Waals surface area contributed by atoms with E-state index in [-0.39, 0.29) is 5.91 Å². The molecular weight excluding hydrogens is 396 g/mol. The Morgan fingerprint density at radius 2 is 1.76 bits per heavy atom. The van der Waals surface area contributed by atoms with Crippen LogP contribution in [-0.2, 0) is 6.54 Å². The van der Waals surface area contributed by atoms with Crippen molar-refractivity contribution >= 4 is 38.4 Å². The third-order valence-electron chi connectivity index (χ3n) is 4.64. The molecule has 144 valence electrons. The molecule has 1 heterocycles. The van der Waals surface area contributed by atoms with Gasteiger partial charge in [-0.3, -0.25) is 9.78 Å². The second-order valence-electron chi connectivity index (χ2n) is 6.51. The van der Waals surface area contributed by atoms with E-state index in [0.717, 1.165) is 26.9 Å². The van der Waals surface area contributed by atoms with Crippen molar-refractivity contribution in [3.8, 4) is 11.1 Å². The first kappa shape index (κ1) is 19.6. The summed E-state index contributed by atoms with van der Waals surface area (Å²) in [7, 11) is 3.32. The van der Waals surface area contributed by atoms with Gasteiger partial charge in [-0.1, -0.05) is 76.2 Å². The number of hydrogen-bond acceptors (Lipinski definition) is 4. The van der Waals surface area contributed by atoms with Crippen LogP contribution in [0.5, 0.6) is 0 Å². The average Bonchev–Trinajstić information content (AvgIpc) is 2.79. The number of rotatable bonds is 6. The van der Waals surface area contributed by atoms with E-state index in [1.165, 1.54) is 5.56 Å². The fourth-order valence-corrected chi connectivity index (χ4v) is 4.76. The number of carbonyl (C=O) groups is 1. The highest BCUT2D eigenvalue weighted by Crippen LogP contribution is 2.34. The summed E-state index contributed by atoms with van der Waals surface area (Å²) in [5, 5.41) is 3.94. The van der Waals surface area contributed by atoms with Crippen LogP contribution in [0.4, 0.5) is 0 Å². The molecule has 0 spiro atoms. The lowest BCUT2D eigenvalue weighted by Gasteiger charge is -2.11. The maximum absolute atomic E-state index is 12.9. The molecule has 0 bridgehead atoms. The maximum atomic E-state index is 12.9. The van der Waals surface area contributed by atoms with Gasteiger partial charge < -0.3 is 5.32 Å². The summed E-state index contributed by atoms with van der Waals surface area (Å²) in [6.45, 7) is 0.475. The van der Waals surface area contributed by atoms with Crippen LogP contribution in [0.3, 0.4) is 0 Å². The lowest BCUT2D eigenvalue weighted by Crippen LogP contribution is -2.23. The summed E-state index contributed by atoms with van der Waals surface area (Å²) < 4.78 is 0. The first-order valence-electron chi connectivity index (χ1n) is 9.27. The standard InChI is InChI=1S/C24H20N2OS2/c1-28-29-22-13-12-21(20-11-6-14-25-23(20)22)24(27)26-16-17-7-5-10-19(15-17)18-8-3-2-4-9-18/h2-15H,16H2,1H3,(H,26,27). The van der Waals surface area contributed by atoms with Crippen LogP contribution in [-0.4, -0.2) is 17.1 Å². The molecule has 0 unspecified atom stereocenters. The Balaban J connectivity index is 1.55. The summed E-state index contributed by atoms with van der Waals surface area (Å²) >= 11 is 0. The molecular formula is C24H20N2OS2. The minimum absolute atomic E-state index is 0.0891. The highest BCUT2D eigenvalue weighted by atomic mass is 33.1. The molecule has 0 radical (unpaired) electrons. The van der Waals surface area contributed by atoms with Crippen LogP contribution < -0.4 is 5.32 Å². The zero-order valence-electron chi connectivity index (χ0n) is 16.0. The maximum Gasteiger partial charge on any atom is 0.252 e. The molecule has 0 atom stereocenters. The van der Waals surface area contributed by atoms with E-state index in [0.29, 0.717) is 12.1 Å². The highest BCUT2D eigenvalue weighted by molar-refractivity contribution is 8.76. The lowest BCUT2D eigenvalue weighted by atomic mass is 10.0. The van der Waals surface area contributed by atoms with Gasteiger partial charge in [0.25, 0.3) is 5.91 Å². The molecule has 0 fully saturated rings. The number of amides is 1. The predicted octanol–water partition coefficient (Wildman–Crippen LogP) is 6.20. The quantitative estimate of drug-likeness (QED) is 0.380. The van der Waals surface area contributed by atoms with Crippen molar-refractivity contribution in [3.63, 3.8) is 0 Å².